The summed E-state index contributed by atoms with van der Waals surface area (Å²) in [5.41, 5.74) is 0. The number of nitrogens with zero attached hydrogens (tertiary/aromatic N) is 1. The van der Waals surface area contributed by atoms with Gasteiger partial charge in [-0.15, -0.1) is 0 Å². The molecule has 0 atom stereocenters. The van der Waals surface area contributed by atoms with Gasteiger partial charge in [0.15, 0.2) is 0 Å². The molecule has 1 saturated heterocycles. The molecule has 0 aliphatic carbocycles. The van der Waals surface area contributed by atoms with Crippen LogP contribution in [0.2, 0.25) is 0 Å². The maximum absolute atomic E-state index is 10.8. The molecule has 70 valence electrons. The lowest BCUT2D eigenvalue weighted by molar-refractivity contribution is -0.134. The minimum atomic E-state index is 0.204. The smallest absolute Gasteiger partial charge is 0.219 e. The number of likely N-dealkylation sites (tertiary alicyclic amines) is 1. The molecule has 0 radical (unpaired) electrons. The van der Waals surface area contributed by atoms with Gasteiger partial charge in [-0.3, -0.25) is 4.79 Å². The van der Waals surface area contributed by atoms with Crippen molar-refractivity contribution in [3.8, 4) is 0 Å². The molecular weight excluding hydrogens is 152 g/mol. The van der Waals surface area contributed by atoms with Gasteiger partial charge in [0.1, 0.15) is 0 Å². The van der Waals surface area contributed by atoms with Crippen LogP contribution in [0, 0.1) is 5.92 Å². The zero-order valence-corrected chi connectivity index (χ0v) is 8.13. The van der Waals surface area contributed by atoms with Crippen molar-refractivity contribution >= 4 is 5.91 Å². The Morgan fingerprint density at radius 3 is 2.58 bits per heavy atom. The van der Waals surface area contributed by atoms with E-state index < -0.39 is 0 Å². The van der Waals surface area contributed by atoms with E-state index in [4.69, 9.17) is 0 Å². The number of carbonyl (C=O) groups is 1. The lowest BCUT2D eigenvalue weighted by Gasteiger charge is -2.39. The molecule has 3 heteroatoms. The first-order valence-electron chi connectivity index (χ1n) is 4.58. The number of amides is 1. The zero-order chi connectivity index (χ0) is 9.14. The minimum Gasteiger partial charge on any atom is -0.342 e. The Balaban J connectivity index is 2.06. The van der Waals surface area contributed by atoms with E-state index in [-0.39, 0.29) is 5.91 Å². The Hall–Kier alpha value is -0.570. The van der Waals surface area contributed by atoms with Gasteiger partial charge in [-0.2, -0.15) is 0 Å². The quantitative estimate of drug-likeness (QED) is 0.667. The maximum atomic E-state index is 10.8. The first kappa shape index (κ1) is 9.52. The lowest BCUT2D eigenvalue weighted by Crippen LogP contribution is -2.53. The van der Waals surface area contributed by atoms with Gasteiger partial charge in [-0.1, -0.05) is 13.8 Å². The highest BCUT2D eigenvalue weighted by atomic mass is 16.2. The summed E-state index contributed by atoms with van der Waals surface area (Å²) in [6.07, 6.45) is 0. The molecule has 1 aliphatic rings. The van der Waals surface area contributed by atoms with Gasteiger partial charge in [-0.25, -0.2) is 0 Å². The van der Waals surface area contributed by atoms with Crippen molar-refractivity contribution in [2.24, 2.45) is 5.92 Å². The molecule has 0 aromatic heterocycles. The fraction of sp³-hybridized carbons (Fsp3) is 0.889. The van der Waals surface area contributed by atoms with Crippen molar-refractivity contribution in [2.45, 2.75) is 26.8 Å². The molecule has 0 saturated carbocycles. The number of hydrogen-bond donors (Lipinski definition) is 1. The van der Waals surface area contributed by atoms with Crippen LogP contribution in [0.3, 0.4) is 0 Å². The summed E-state index contributed by atoms with van der Waals surface area (Å²) in [4.78, 5) is 12.7. The van der Waals surface area contributed by atoms with E-state index in [1.54, 1.807) is 6.92 Å². The summed E-state index contributed by atoms with van der Waals surface area (Å²) in [6, 6.07) is 0.552. The summed E-state index contributed by atoms with van der Waals surface area (Å²) in [5, 5.41) is 3.37. The van der Waals surface area contributed by atoms with E-state index in [2.05, 4.69) is 19.2 Å². The second-order valence-electron chi connectivity index (χ2n) is 3.85. The highest BCUT2D eigenvalue weighted by Crippen LogP contribution is 2.14. The Bertz CT molecular complexity index is 162. The molecule has 1 fully saturated rings. The van der Waals surface area contributed by atoms with Crippen molar-refractivity contribution in [2.75, 3.05) is 19.6 Å². The zero-order valence-electron chi connectivity index (χ0n) is 8.13. The molecule has 1 amide bonds. The Kier molecular flexibility index (Phi) is 3.09. The van der Waals surface area contributed by atoms with E-state index in [9.17, 15) is 4.79 Å². The van der Waals surface area contributed by atoms with Crippen LogP contribution in [-0.2, 0) is 4.79 Å². The third-order valence-corrected chi connectivity index (χ3v) is 2.22. The summed E-state index contributed by atoms with van der Waals surface area (Å²) >= 11 is 0. The minimum absolute atomic E-state index is 0.204. The summed E-state index contributed by atoms with van der Waals surface area (Å²) in [6.45, 7) is 8.83. The van der Waals surface area contributed by atoms with Crippen molar-refractivity contribution in [3.63, 3.8) is 0 Å². The van der Waals surface area contributed by atoms with Crippen molar-refractivity contribution in [1.82, 2.24) is 10.2 Å². The van der Waals surface area contributed by atoms with E-state index in [1.807, 2.05) is 4.90 Å². The summed E-state index contributed by atoms with van der Waals surface area (Å²) in [7, 11) is 0. The van der Waals surface area contributed by atoms with Gasteiger partial charge in [0.25, 0.3) is 0 Å². The molecule has 0 aromatic rings. The van der Waals surface area contributed by atoms with Crippen molar-refractivity contribution in [1.29, 1.82) is 0 Å². The molecule has 3 nitrogen and oxygen atoms in total. The molecule has 1 heterocycles. The summed E-state index contributed by atoms with van der Waals surface area (Å²) < 4.78 is 0. The molecule has 1 rings (SSSR count). The number of hydrogen-bond acceptors (Lipinski definition) is 2. The monoisotopic (exact) mass is 170 g/mol. The molecule has 0 aromatic carbocycles. The molecule has 0 spiro atoms. The molecule has 1 aliphatic heterocycles. The van der Waals surface area contributed by atoms with E-state index in [0.29, 0.717) is 12.0 Å². The van der Waals surface area contributed by atoms with Gasteiger partial charge in [0, 0.05) is 38.5 Å². The van der Waals surface area contributed by atoms with Crippen LogP contribution >= 0.6 is 0 Å². The van der Waals surface area contributed by atoms with Gasteiger partial charge in [0.05, 0.1) is 0 Å². The fourth-order valence-corrected chi connectivity index (χ4v) is 1.36. The molecule has 1 N–H and O–H groups in total. The average molecular weight is 170 g/mol. The highest BCUT2D eigenvalue weighted by molar-refractivity contribution is 5.74. The molecular formula is C9H18N2O. The van der Waals surface area contributed by atoms with Gasteiger partial charge < -0.3 is 10.2 Å². The topological polar surface area (TPSA) is 32.3 Å². The Morgan fingerprint density at radius 2 is 2.17 bits per heavy atom. The van der Waals surface area contributed by atoms with Crippen LogP contribution in [-0.4, -0.2) is 36.5 Å². The largest absolute Gasteiger partial charge is 0.342 e. The molecule has 12 heavy (non-hydrogen) atoms. The normalized spacial score (nSPS) is 18.2. The van der Waals surface area contributed by atoms with Crippen LogP contribution in [0.5, 0.6) is 0 Å². The van der Waals surface area contributed by atoms with Gasteiger partial charge in [0.2, 0.25) is 5.91 Å². The van der Waals surface area contributed by atoms with Crippen LogP contribution < -0.4 is 5.32 Å². The SMILES string of the molecule is CC(=O)N1CC(CNC(C)C)C1. The third kappa shape index (κ3) is 2.48. The second-order valence-corrected chi connectivity index (χ2v) is 3.85. The predicted molar refractivity (Wildman–Crippen MR) is 48.9 cm³/mol. The number of carbonyl (C=O) groups excluding carboxylic acids is 1. The van der Waals surface area contributed by atoms with Crippen LogP contribution in [0.1, 0.15) is 20.8 Å². The second kappa shape index (κ2) is 3.90. The number of nitrogens with one attached hydrogen (secondary N) is 1. The first-order valence-corrected chi connectivity index (χ1v) is 4.58. The van der Waals surface area contributed by atoms with Crippen LogP contribution in [0.15, 0.2) is 0 Å². The highest BCUT2D eigenvalue weighted by Gasteiger charge is 2.27. The fourth-order valence-electron chi connectivity index (χ4n) is 1.36. The first-order chi connectivity index (χ1) is 5.59. The van der Waals surface area contributed by atoms with Crippen LogP contribution in [0.25, 0.3) is 0 Å². The molecule has 0 unspecified atom stereocenters. The van der Waals surface area contributed by atoms with Gasteiger partial charge in [-0.05, 0) is 0 Å². The summed E-state index contributed by atoms with van der Waals surface area (Å²) in [5.74, 6) is 0.882. The van der Waals surface area contributed by atoms with E-state index in [1.165, 1.54) is 0 Å². The average Bonchev–Trinajstić information content (AvgIpc) is 1.82. The van der Waals surface area contributed by atoms with Crippen molar-refractivity contribution < 1.29 is 4.79 Å². The molecule has 0 bridgehead atoms. The lowest BCUT2D eigenvalue weighted by atomic mass is 10.00. The van der Waals surface area contributed by atoms with E-state index in [0.717, 1.165) is 19.6 Å². The third-order valence-electron chi connectivity index (χ3n) is 2.22. The maximum Gasteiger partial charge on any atom is 0.219 e. The van der Waals surface area contributed by atoms with Crippen LogP contribution in [0.4, 0.5) is 0 Å². The standard InChI is InChI=1S/C9H18N2O/c1-7(2)10-4-9-5-11(6-9)8(3)12/h7,9-10H,4-6H2,1-3H3. The Morgan fingerprint density at radius 1 is 1.58 bits per heavy atom. The number of rotatable bonds is 3. The van der Waals surface area contributed by atoms with E-state index >= 15 is 0 Å². The Labute approximate surface area is 74.1 Å². The van der Waals surface area contributed by atoms with Crippen molar-refractivity contribution in [3.05, 3.63) is 0 Å². The predicted octanol–water partition coefficient (Wildman–Crippen LogP) is 0.463. The van der Waals surface area contributed by atoms with Gasteiger partial charge >= 0.3 is 0 Å².